The fourth-order valence-corrected chi connectivity index (χ4v) is 4.23. The van der Waals surface area contributed by atoms with Gasteiger partial charge in [-0.05, 0) is 30.7 Å². The molecule has 140 valence electrons. The number of aromatic nitrogens is 2. The summed E-state index contributed by atoms with van der Waals surface area (Å²) in [6, 6.07) is 6.67. The molecule has 1 aromatic heterocycles. The van der Waals surface area contributed by atoms with Gasteiger partial charge >= 0.3 is 0 Å². The first-order chi connectivity index (χ1) is 12.6. The van der Waals surface area contributed by atoms with Crippen molar-refractivity contribution in [2.24, 2.45) is 0 Å². The summed E-state index contributed by atoms with van der Waals surface area (Å²) in [4.78, 5) is 10.7. The summed E-state index contributed by atoms with van der Waals surface area (Å²) in [5.74, 6) is 1.48. The zero-order valence-electron chi connectivity index (χ0n) is 14.9. The lowest BCUT2D eigenvalue weighted by Gasteiger charge is -2.34. The highest BCUT2D eigenvalue weighted by atomic mass is 32.2. The number of rotatable bonds is 7. The largest absolute Gasteiger partial charge is 0.494 e. The molecule has 1 aromatic carbocycles. The lowest BCUT2D eigenvalue weighted by molar-refractivity contribution is 0.309. The lowest BCUT2D eigenvalue weighted by atomic mass is 10.3. The van der Waals surface area contributed by atoms with Gasteiger partial charge in [-0.2, -0.15) is 4.31 Å². The summed E-state index contributed by atoms with van der Waals surface area (Å²) in [5.41, 5.74) is 0. The van der Waals surface area contributed by atoms with E-state index in [4.69, 9.17) is 4.74 Å². The van der Waals surface area contributed by atoms with Crippen LogP contribution in [0.15, 0.2) is 47.8 Å². The Balaban J connectivity index is 1.62. The number of benzene rings is 1. The predicted molar refractivity (Wildman–Crippen MR) is 99.8 cm³/mol. The van der Waals surface area contributed by atoms with E-state index in [-0.39, 0.29) is 0 Å². The molecule has 0 spiro atoms. The normalized spacial score (nSPS) is 15.8. The van der Waals surface area contributed by atoms with Crippen LogP contribution in [0.4, 0.5) is 5.82 Å². The Hall–Kier alpha value is -2.19. The minimum Gasteiger partial charge on any atom is -0.494 e. The Morgan fingerprint density at radius 1 is 1.08 bits per heavy atom. The second-order valence-corrected chi connectivity index (χ2v) is 8.07. The van der Waals surface area contributed by atoms with Crippen molar-refractivity contribution >= 4 is 15.8 Å². The first-order valence-electron chi connectivity index (χ1n) is 8.85. The molecule has 0 N–H and O–H groups in total. The van der Waals surface area contributed by atoms with E-state index in [1.165, 1.54) is 4.31 Å². The van der Waals surface area contributed by atoms with Gasteiger partial charge in [0.15, 0.2) is 0 Å². The molecule has 1 fully saturated rings. The number of anilines is 1. The van der Waals surface area contributed by atoms with Gasteiger partial charge in [0.05, 0.1) is 17.7 Å². The van der Waals surface area contributed by atoms with Crippen molar-refractivity contribution in [1.82, 2.24) is 14.3 Å². The Kier molecular flexibility index (Phi) is 6.05. The van der Waals surface area contributed by atoms with E-state index in [0.29, 0.717) is 43.4 Å². The molecular weight excluding hydrogens is 352 g/mol. The van der Waals surface area contributed by atoms with Gasteiger partial charge in [-0.1, -0.05) is 13.3 Å². The first-order valence-corrected chi connectivity index (χ1v) is 10.3. The standard InChI is InChI=1S/C18H24N4O3S/c1-2-3-14-25-16-4-6-17(7-5-16)26(23,24)22-12-10-21(11-13-22)18-15-19-8-9-20-18/h4-9,15H,2-3,10-14H2,1H3. The highest BCUT2D eigenvalue weighted by Gasteiger charge is 2.28. The summed E-state index contributed by atoms with van der Waals surface area (Å²) >= 11 is 0. The summed E-state index contributed by atoms with van der Waals surface area (Å²) < 4.78 is 32.8. The van der Waals surface area contributed by atoms with Gasteiger partial charge in [-0.3, -0.25) is 4.98 Å². The maximum absolute atomic E-state index is 12.8. The molecule has 3 rings (SSSR count). The van der Waals surface area contributed by atoms with Gasteiger partial charge in [-0.15, -0.1) is 0 Å². The molecule has 0 bridgehead atoms. The molecule has 0 amide bonds. The van der Waals surface area contributed by atoms with Crippen LogP contribution < -0.4 is 9.64 Å². The van der Waals surface area contributed by atoms with Crippen molar-refractivity contribution in [3.8, 4) is 5.75 Å². The Bertz CT molecular complexity index is 789. The molecule has 1 aliphatic rings. The maximum Gasteiger partial charge on any atom is 0.243 e. The summed E-state index contributed by atoms with van der Waals surface area (Å²) in [6.45, 7) is 4.78. The number of piperazine rings is 1. The molecule has 8 heteroatoms. The number of unbranched alkanes of at least 4 members (excludes halogenated alkanes) is 1. The Labute approximate surface area is 154 Å². The molecule has 1 aliphatic heterocycles. The van der Waals surface area contributed by atoms with Crippen molar-refractivity contribution in [3.63, 3.8) is 0 Å². The van der Waals surface area contributed by atoms with Crippen LogP contribution in [0, 0.1) is 0 Å². The van der Waals surface area contributed by atoms with Gasteiger partial charge in [0, 0.05) is 38.6 Å². The third kappa shape index (κ3) is 4.31. The average molecular weight is 376 g/mol. The van der Waals surface area contributed by atoms with Crippen LogP contribution in [0.1, 0.15) is 19.8 Å². The maximum atomic E-state index is 12.8. The number of hydrogen-bond acceptors (Lipinski definition) is 6. The smallest absolute Gasteiger partial charge is 0.243 e. The van der Waals surface area contributed by atoms with Crippen molar-refractivity contribution < 1.29 is 13.2 Å². The highest BCUT2D eigenvalue weighted by Crippen LogP contribution is 2.22. The van der Waals surface area contributed by atoms with Gasteiger partial charge in [0.2, 0.25) is 10.0 Å². The van der Waals surface area contributed by atoms with Crippen molar-refractivity contribution in [1.29, 1.82) is 0 Å². The van der Waals surface area contributed by atoms with E-state index in [2.05, 4.69) is 16.9 Å². The van der Waals surface area contributed by atoms with Gasteiger partial charge in [-0.25, -0.2) is 13.4 Å². The summed E-state index contributed by atoms with van der Waals surface area (Å²) in [5, 5.41) is 0. The molecule has 26 heavy (non-hydrogen) atoms. The molecular formula is C18H24N4O3S. The minimum absolute atomic E-state index is 0.299. The summed E-state index contributed by atoms with van der Waals surface area (Å²) in [6.07, 6.45) is 7.01. The molecule has 0 radical (unpaired) electrons. The number of ether oxygens (including phenoxy) is 1. The molecule has 2 heterocycles. The molecule has 0 aliphatic carbocycles. The molecule has 0 atom stereocenters. The topological polar surface area (TPSA) is 75.6 Å². The van der Waals surface area contributed by atoms with Crippen LogP contribution in [0.5, 0.6) is 5.75 Å². The Morgan fingerprint density at radius 3 is 2.42 bits per heavy atom. The fourth-order valence-electron chi connectivity index (χ4n) is 2.80. The number of sulfonamides is 1. The lowest BCUT2D eigenvalue weighted by Crippen LogP contribution is -2.48. The van der Waals surface area contributed by atoms with Crippen LogP contribution in [0.25, 0.3) is 0 Å². The van der Waals surface area contributed by atoms with Crippen LogP contribution in [-0.2, 0) is 10.0 Å². The number of nitrogens with zero attached hydrogens (tertiary/aromatic N) is 4. The van der Waals surface area contributed by atoms with E-state index in [1.54, 1.807) is 42.9 Å². The van der Waals surface area contributed by atoms with Gasteiger partial charge in [0.1, 0.15) is 11.6 Å². The van der Waals surface area contributed by atoms with Gasteiger partial charge < -0.3 is 9.64 Å². The fraction of sp³-hybridized carbons (Fsp3) is 0.444. The minimum atomic E-state index is -3.49. The highest BCUT2D eigenvalue weighted by molar-refractivity contribution is 7.89. The predicted octanol–water partition coefficient (Wildman–Crippen LogP) is 2.17. The third-order valence-electron chi connectivity index (χ3n) is 4.34. The summed E-state index contributed by atoms with van der Waals surface area (Å²) in [7, 11) is -3.49. The van der Waals surface area contributed by atoms with Crippen molar-refractivity contribution in [2.45, 2.75) is 24.7 Å². The van der Waals surface area contributed by atoms with Crippen LogP contribution in [0.3, 0.4) is 0 Å². The van der Waals surface area contributed by atoms with E-state index >= 15 is 0 Å². The molecule has 7 nitrogen and oxygen atoms in total. The zero-order valence-corrected chi connectivity index (χ0v) is 15.7. The second-order valence-electron chi connectivity index (χ2n) is 6.13. The average Bonchev–Trinajstić information content (AvgIpc) is 2.69. The molecule has 0 unspecified atom stereocenters. The third-order valence-corrected chi connectivity index (χ3v) is 6.25. The van der Waals surface area contributed by atoms with Crippen LogP contribution >= 0.6 is 0 Å². The molecule has 1 saturated heterocycles. The van der Waals surface area contributed by atoms with E-state index in [9.17, 15) is 8.42 Å². The SMILES string of the molecule is CCCCOc1ccc(S(=O)(=O)N2CCN(c3cnccn3)CC2)cc1. The molecule has 2 aromatic rings. The van der Waals surface area contributed by atoms with Crippen LogP contribution in [0.2, 0.25) is 0 Å². The number of hydrogen-bond donors (Lipinski definition) is 0. The quantitative estimate of drug-likeness (QED) is 0.690. The first kappa shape index (κ1) is 18.6. The van der Waals surface area contributed by atoms with Crippen molar-refractivity contribution in [2.75, 3.05) is 37.7 Å². The van der Waals surface area contributed by atoms with E-state index in [1.807, 2.05) is 4.90 Å². The van der Waals surface area contributed by atoms with E-state index in [0.717, 1.165) is 18.7 Å². The van der Waals surface area contributed by atoms with Crippen LogP contribution in [-0.4, -0.2) is 55.5 Å². The monoisotopic (exact) mass is 376 g/mol. The second kappa shape index (κ2) is 8.46. The Morgan fingerprint density at radius 2 is 1.81 bits per heavy atom. The van der Waals surface area contributed by atoms with Gasteiger partial charge in [0.25, 0.3) is 0 Å². The zero-order chi connectivity index (χ0) is 18.4. The van der Waals surface area contributed by atoms with Crippen molar-refractivity contribution in [3.05, 3.63) is 42.9 Å². The van der Waals surface area contributed by atoms with E-state index < -0.39 is 10.0 Å². The molecule has 0 saturated carbocycles.